The number of aromatic amines is 1. The van der Waals surface area contributed by atoms with Gasteiger partial charge in [0.1, 0.15) is 0 Å². The number of pyridine rings is 1. The third-order valence-corrected chi connectivity index (χ3v) is 5.51. The van der Waals surface area contributed by atoms with Gasteiger partial charge in [-0.2, -0.15) is 0 Å². The molecule has 28 heavy (non-hydrogen) atoms. The van der Waals surface area contributed by atoms with Crippen molar-refractivity contribution >= 4 is 23.2 Å². The van der Waals surface area contributed by atoms with E-state index in [-0.39, 0.29) is 18.0 Å². The van der Waals surface area contributed by atoms with E-state index in [0.717, 1.165) is 42.0 Å². The standard InChI is InChI=1S/C21H27ClN4O2/c1-12-7-13(2)24-21(28)18(12)10-23-20(27)17-8-15(22)9-19(14(17)3)25-16-5-6-26(4)11-16/h7-9,16,25H,5-6,10-11H2,1-4H3,(H,23,27)(H,24,28). The number of anilines is 1. The van der Waals surface area contributed by atoms with Crippen molar-refractivity contribution in [2.75, 3.05) is 25.5 Å². The number of nitrogens with zero attached hydrogens (tertiary/aromatic N) is 1. The molecule has 0 bridgehead atoms. The highest BCUT2D eigenvalue weighted by Gasteiger charge is 2.21. The molecule has 3 rings (SSSR count). The quantitative estimate of drug-likeness (QED) is 0.718. The molecule has 3 N–H and O–H groups in total. The van der Waals surface area contributed by atoms with Gasteiger partial charge < -0.3 is 20.5 Å². The molecule has 1 aromatic heterocycles. The minimum atomic E-state index is -0.244. The zero-order valence-electron chi connectivity index (χ0n) is 16.8. The van der Waals surface area contributed by atoms with Crippen LogP contribution in [0.4, 0.5) is 5.69 Å². The summed E-state index contributed by atoms with van der Waals surface area (Å²) in [5.41, 5.74) is 4.30. The van der Waals surface area contributed by atoms with Crippen LogP contribution in [0.1, 0.15) is 39.2 Å². The van der Waals surface area contributed by atoms with Crippen LogP contribution in [0.2, 0.25) is 5.02 Å². The van der Waals surface area contributed by atoms with E-state index in [1.807, 2.05) is 32.9 Å². The van der Waals surface area contributed by atoms with Gasteiger partial charge >= 0.3 is 0 Å². The number of carbonyl (C=O) groups excluding carboxylic acids is 1. The maximum atomic E-state index is 12.8. The molecule has 1 amide bonds. The second-order valence-electron chi connectivity index (χ2n) is 7.64. The molecule has 1 aliphatic heterocycles. The molecular formula is C21H27ClN4O2. The second-order valence-corrected chi connectivity index (χ2v) is 8.08. The summed E-state index contributed by atoms with van der Waals surface area (Å²) in [5, 5.41) is 6.88. The first-order valence-electron chi connectivity index (χ1n) is 9.47. The fourth-order valence-electron chi connectivity index (χ4n) is 3.70. The average molecular weight is 403 g/mol. The van der Waals surface area contributed by atoms with Crippen LogP contribution >= 0.6 is 11.6 Å². The summed E-state index contributed by atoms with van der Waals surface area (Å²) in [6, 6.07) is 5.77. The maximum Gasteiger partial charge on any atom is 0.253 e. The molecule has 1 unspecified atom stereocenters. The van der Waals surface area contributed by atoms with Crippen LogP contribution in [0.25, 0.3) is 0 Å². The van der Waals surface area contributed by atoms with E-state index < -0.39 is 0 Å². The zero-order valence-corrected chi connectivity index (χ0v) is 17.5. The first-order chi connectivity index (χ1) is 13.2. The Kier molecular flexibility index (Phi) is 6.10. The first kappa shape index (κ1) is 20.4. The molecular weight excluding hydrogens is 376 g/mol. The number of aromatic nitrogens is 1. The summed E-state index contributed by atoms with van der Waals surface area (Å²) in [5.74, 6) is -0.244. The number of hydrogen-bond acceptors (Lipinski definition) is 4. The molecule has 7 heteroatoms. The van der Waals surface area contributed by atoms with Crippen LogP contribution < -0.4 is 16.2 Å². The third kappa shape index (κ3) is 4.56. The molecule has 6 nitrogen and oxygen atoms in total. The SMILES string of the molecule is Cc1cc(C)c(CNC(=O)c2cc(Cl)cc(NC3CCN(C)C3)c2C)c(=O)[nH]1. The molecule has 2 aromatic rings. The zero-order chi connectivity index (χ0) is 20.4. The minimum Gasteiger partial charge on any atom is -0.381 e. The third-order valence-electron chi connectivity index (χ3n) is 5.29. The van der Waals surface area contributed by atoms with Crippen LogP contribution in [0.3, 0.4) is 0 Å². The van der Waals surface area contributed by atoms with E-state index >= 15 is 0 Å². The Hall–Kier alpha value is -2.31. The normalized spacial score (nSPS) is 17.0. The van der Waals surface area contributed by atoms with Crippen LogP contribution in [0.5, 0.6) is 0 Å². The summed E-state index contributed by atoms with van der Waals surface area (Å²) < 4.78 is 0. The van der Waals surface area contributed by atoms with Crippen LogP contribution in [-0.4, -0.2) is 42.0 Å². The Bertz CT molecular complexity index is 954. The van der Waals surface area contributed by atoms with Gasteiger partial charge in [-0.15, -0.1) is 0 Å². The lowest BCUT2D eigenvalue weighted by Crippen LogP contribution is -2.29. The Morgan fingerprint density at radius 1 is 1.29 bits per heavy atom. The molecule has 0 radical (unpaired) electrons. The summed E-state index contributed by atoms with van der Waals surface area (Å²) in [6.45, 7) is 7.80. The van der Waals surface area contributed by atoms with Crippen LogP contribution in [-0.2, 0) is 6.54 Å². The molecule has 1 fully saturated rings. The van der Waals surface area contributed by atoms with Crippen molar-refractivity contribution in [2.24, 2.45) is 0 Å². The van der Waals surface area contributed by atoms with E-state index in [9.17, 15) is 9.59 Å². The number of likely N-dealkylation sites (tertiary alicyclic amines) is 1. The van der Waals surface area contributed by atoms with Crippen molar-refractivity contribution in [1.29, 1.82) is 0 Å². The lowest BCUT2D eigenvalue weighted by Gasteiger charge is -2.19. The lowest BCUT2D eigenvalue weighted by atomic mass is 10.0. The monoisotopic (exact) mass is 402 g/mol. The molecule has 2 heterocycles. The fraction of sp³-hybridized carbons (Fsp3) is 0.429. The van der Waals surface area contributed by atoms with Gasteiger partial charge in [-0.3, -0.25) is 9.59 Å². The number of H-pyrrole nitrogens is 1. The number of hydrogen-bond donors (Lipinski definition) is 3. The van der Waals surface area contributed by atoms with E-state index in [1.165, 1.54) is 0 Å². The minimum absolute atomic E-state index is 0.169. The van der Waals surface area contributed by atoms with Crippen molar-refractivity contribution < 1.29 is 4.79 Å². The lowest BCUT2D eigenvalue weighted by molar-refractivity contribution is 0.0950. The van der Waals surface area contributed by atoms with Gasteiger partial charge in [0, 0.05) is 46.7 Å². The Morgan fingerprint density at radius 3 is 2.68 bits per heavy atom. The molecule has 1 aromatic carbocycles. The Morgan fingerprint density at radius 2 is 2.04 bits per heavy atom. The van der Waals surface area contributed by atoms with Gasteiger partial charge in [0.2, 0.25) is 0 Å². The highest BCUT2D eigenvalue weighted by molar-refractivity contribution is 6.31. The van der Waals surface area contributed by atoms with Gasteiger partial charge in [-0.05, 0) is 70.1 Å². The van der Waals surface area contributed by atoms with Crippen molar-refractivity contribution in [3.05, 3.63) is 61.5 Å². The van der Waals surface area contributed by atoms with Gasteiger partial charge in [0.05, 0.1) is 0 Å². The van der Waals surface area contributed by atoms with E-state index in [4.69, 9.17) is 11.6 Å². The van der Waals surface area contributed by atoms with E-state index in [0.29, 0.717) is 22.2 Å². The topological polar surface area (TPSA) is 77.2 Å². The Labute approximate surface area is 170 Å². The number of aryl methyl sites for hydroxylation is 2. The number of nitrogens with one attached hydrogen (secondary N) is 3. The van der Waals surface area contributed by atoms with Gasteiger partial charge in [-0.25, -0.2) is 0 Å². The van der Waals surface area contributed by atoms with E-state index in [2.05, 4.69) is 27.6 Å². The van der Waals surface area contributed by atoms with Crippen molar-refractivity contribution in [3.63, 3.8) is 0 Å². The van der Waals surface area contributed by atoms with Crippen molar-refractivity contribution in [3.8, 4) is 0 Å². The largest absolute Gasteiger partial charge is 0.381 e. The summed E-state index contributed by atoms with van der Waals surface area (Å²) in [7, 11) is 2.10. The van der Waals surface area contributed by atoms with Gasteiger partial charge in [-0.1, -0.05) is 11.6 Å². The number of amides is 1. The van der Waals surface area contributed by atoms with Crippen molar-refractivity contribution in [2.45, 2.75) is 39.8 Å². The molecule has 1 atom stereocenters. The highest BCUT2D eigenvalue weighted by atomic mass is 35.5. The van der Waals surface area contributed by atoms with Crippen LogP contribution in [0, 0.1) is 20.8 Å². The predicted octanol–water partition coefficient (Wildman–Crippen LogP) is 3.00. The summed E-state index contributed by atoms with van der Waals surface area (Å²) >= 11 is 6.28. The molecule has 0 aliphatic carbocycles. The van der Waals surface area contributed by atoms with Gasteiger partial charge in [0.15, 0.2) is 0 Å². The molecule has 1 saturated heterocycles. The maximum absolute atomic E-state index is 12.8. The van der Waals surface area contributed by atoms with Crippen LogP contribution in [0.15, 0.2) is 23.0 Å². The fourth-order valence-corrected chi connectivity index (χ4v) is 3.92. The number of rotatable bonds is 5. The van der Waals surface area contributed by atoms with Crippen molar-refractivity contribution in [1.82, 2.24) is 15.2 Å². The Balaban J connectivity index is 1.77. The second kappa shape index (κ2) is 8.37. The molecule has 0 spiro atoms. The predicted molar refractivity (Wildman–Crippen MR) is 113 cm³/mol. The molecule has 150 valence electrons. The number of carbonyl (C=O) groups is 1. The number of likely N-dealkylation sites (N-methyl/N-ethyl adjacent to an activating group) is 1. The number of halogens is 1. The summed E-state index contributed by atoms with van der Waals surface area (Å²) in [6.07, 6.45) is 1.06. The van der Waals surface area contributed by atoms with E-state index in [1.54, 1.807) is 6.07 Å². The highest BCUT2D eigenvalue weighted by Crippen LogP contribution is 2.27. The first-order valence-corrected chi connectivity index (χ1v) is 9.85. The molecule has 1 aliphatic rings. The molecule has 0 saturated carbocycles. The smallest absolute Gasteiger partial charge is 0.253 e. The number of benzene rings is 1. The van der Waals surface area contributed by atoms with Gasteiger partial charge in [0.25, 0.3) is 11.5 Å². The summed E-state index contributed by atoms with van der Waals surface area (Å²) in [4.78, 5) is 30.0. The average Bonchev–Trinajstić information content (AvgIpc) is 3.01.